The molecular formula is C12H22BrN3O3S. The fraction of sp³-hybridized carbons (Fsp3) is 0.750. The molecule has 0 aliphatic heterocycles. The van der Waals surface area contributed by atoms with E-state index >= 15 is 0 Å². The number of imidazole rings is 1. The smallest absolute Gasteiger partial charge is 0.259 e. The van der Waals surface area contributed by atoms with E-state index < -0.39 is 10.0 Å². The molecule has 0 saturated carbocycles. The van der Waals surface area contributed by atoms with E-state index in [1.807, 2.05) is 18.4 Å². The zero-order valence-electron chi connectivity index (χ0n) is 11.9. The van der Waals surface area contributed by atoms with E-state index in [9.17, 15) is 8.42 Å². The normalized spacial score (nSPS) is 11.9. The molecular weight excluding hydrogens is 346 g/mol. The molecule has 0 aromatic carbocycles. The van der Waals surface area contributed by atoms with Crippen LogP contribution in [0, 0.1) is 6.92 Å². The zero-order valence-corrected chi connectivity index (χ0v) is 14.3. The molecule has 0 aliphatic rings. The van der Waals surface area contributed by atoms with E-state index in [-0.39, 0.29) is 5.03 Å². The first kappa shape index (κ1) is 17.6. The molecule has 1 aromatic rings. The van der Waals surface area contributed by atoms with Gasteiger partial charge in [-0.05, 0) is 19.8 Å². The molecule has 0 fully saturated rings. The minimum Gasteiger partial charge on any atom is -0.381 e. The molecule has 20 heavy (non-hydrogen) atoms. The van der Waals surface area contributed by atoms with Crippen LogP contribution in [0.3, 0.4) is 0 Å². The van der Waals surface area contributed by atoms with Crippen LogP contribution in [-0.2, 0) is 21.3 Å². The van der Waals surface area contributed by atoms with Crippen LogP contribution in [0.5, 0.6) is 0 Å². The van der Waals surface area contributed by atoms with Gasteiger partial charge in [0.05, 0.1) is 6.61 Å². The summed E-state index contributed by atoms with van der Waals surface area (Å²) in [6.07, 6.45) is 3.17. The second kappa shape index (κ2) is 8.76. The van der Waals surface area contributed by atoms with Crippen molar-refractivity contribution in [3.8, 4) is 0 Å². The van der Waals surface area contributed by atoms with Crippen molar-refractivity contribution in [2.75, 3.05) is 25.1 Å². The number of sulfonamides is 1. The SMILES string of the molecule is CCCn1cc(S(=O)(=O)NCCCOCCBr)nc1C. The molecule has 8 heteroatoms. The third kappa shape index (κ3) is 5.51. The summed E-state index contributed by atoms with van der Waals surface area (Å²) in [7, 11) is -3.52. The van der Waals surface area contributed by atoms with E-state index in [1.165, 1.54) is 0 Å². The quantitative estimate of drug-likeness (QED) is 0.504. The van der Waals surface area contributed by atoms with Crippen LogP contribution < -0.4 is 4.72 Å². The maximum atomic E-state index is 12.1. The van der Waals surface area contributed by atoms with Crippen LogP contribution in [0.2, 0.25) is 0 Å². The number of rotatable bonds is 10. The molecule has 1 rings (SSSR count). The molecule has 0 amide bonds. The number of hydrogen-bond acceptors (Lipinski definition) is 4. The average molecular weight is 368 g/mol. The third-order valence-corrected chi connectivity index (χ3v) is 4.33. The Kier molecular flexibility index (Phi) is 7.71. The van der Waals surface area contributed by atoms with Crippen molar-refractivity contribution < 1.29 is 13.2 Å². The zero-order chi connectivity index (χ0) is 15.0. The van der Waals surface area contributed by atoms with Gasteiger partial charge in [-0.25, -0.2) is 18.1 Å². The molecule has 1 heterocycles. The summed E-state index contributed by atoms with van der Waals surface area (Å²) in [5.74, 6) is 0.716. The summed E-state index contributed by atoms with van der Waals surface area (Å²) < 4.78 is 33.8. The number of nitrogens with one attached hydrogen (secondary N) is 1. The number of hydrogen-bond donors (Lipinski definition) is 1. The largest absolute Gasteiger partial charge is 0.381 e. The van der Waals surface area contributed by atoms with Gasteiger partial charge >= 0.3 is 0 Å². The van der Waals surface area contributed by atoms with E-state index in [2.05, 4.69) is 25.6 Å². The molecule has 0 bridgehead atoms. The highest BCUT2D eigenvalue weighted by Crippen LogP contribution is 2.09. The van der Waals surface area contributed by atoms with Crippen LogP contribution in [0.15, 0.2) is 11.2 Å². The highest BCUT2D eigenvalue weighted by atomic mass is 79.9. The Labute approximate surface area is 129 Å². The standard InChI is InChI=1S/C12H22BrN3O3S/c1-3-7-16-10-12(15-11(16)2)20(17,18)14-6-4-8-19-9-5-13/h10,14H,3-9H2,1-2H3. The first-order chi connectivity index (χ1) is 9.51. The Hall–Kier alpha value is -0.440. The van der Waals surface area contributed by atoms with Gasteiger partial charge in [-0.3, -0.25) is 0 Å². The maximum Gasteiger partial charge on any atom is 0.259 e. The lowest BCUT2D eigenvalue weighted by Crippen LogP contribution is -2.26. The van der Waals surface area contributed by atoms with Gasteiger partial charge in [-0.1, -0.05) is 22.9 Å². The van der Waals surface area contributed by atoms with Crippen LogP contribution in [-0.4, -0.2) is 43.1 Å². The lowest BCUT2D eigenvalue weighted by atomic mass is 10.5. The molecule has 0 aliphatic carbocycles. The first-order valence-corrected chi connectivity index (χ1v) is 9.29. The number of nitrogens with zero attached hydrogens (tertiary/aromatic N) is 2. The number of aryl methyl sites for hydroxylation is 2. The summed E-state index contributed by atoms with van der Waals surface area (Å²) >= 11 is 3.26. The predicted molar refractivity (Wildman–Crippen MR) is 81.7 cm³/mol. The Morgan fingerprint density at radius 1 is 1.45 bits per heavy atom. The van der Waals surface area contributed by atoms with E-state index in [0.717, 1.165) is 18.3 Å². The fourth-order valence-corrected chi connectivity index (χ4v) is 3.00. The number of halogens is 1. The summed E-state index contributed by atoms with van der Waals surface area (Å²) in [5, 5.41) is 0.872. The first-order valence-electron chi connectivity index (χ1n) is 6.68. The van der Waals surface area contributed by atoms with Gasteiger partial charge in [0.1, 0.15) is 5.82 Å². The molecule has 6 nitrogen and oxygen atoms in total. The van der Waals surface area contributed by atoms with Gasteiger partial charge in [0.25, 0.3) is 10.0 Å². The van der Waals surface area contributed by atoms with Gasteiger partial charge in [-0.2, -0.15) is 0 Å². The van der Waals surface area contributed by atoms with Gasteiger partial charge in [0, 0.05) is 31.2 Å². The van der Waals surface area contributed by atoms with Crippen LogP contribution >= 0.6 is 15.9 Å². The molecule has 0 saturated heterocycles. The van der Waals surface area contributed by atoms with Crippen LogP contribution in [0.4, 0.5) is 0 Å². The van der Waals surface area contributed by atoms with Crippen LogP contribution in [0.25, 0.3) is 0 Å². The Balaban J connectivity index is 2.49. The Morgan fingerprint density at radius 2 is 2.20 bits per heavy atom. The highest BCUT2D eigenvalue weighted by molar-refractivity contribution is 9.09. The van der Waals surface area contributed by atoms with Gasteiger partial charge in [0.2, 0.25) is 0 Å². The average Bonchev–Trinajstić information content (AvgIpc) is 2.77. The van der Waals surface area contributed by atoms with E-state index in [1.54, 1.807) is 6.20 Å². The van der Waals surface area contributed by atoms with E-state index in [4.69, 9.17) is 4.74 Å². The lowest BCUT2D eigenvalue weighted by Gasteiger charge is -2.04. The molecule has 0 unspecified atom stereocenters. The van der Waals surface area contributed by atoms with Gasteiger partial charge < -0.3 is 9.30 Å². The summed E-state index contributed by atoms with van der Waals surface area (Å²) in [5.41, 5.74) is 0. The van der Waals surface area contributed by atoms with Crippen molar-refractivity contribution in [3.05, 3.63) is 12.0 Å². The van der Waals surface area contributed by atoms with Crippen molar-refractivity contribution >= 4 is 26.0 Å². The molecule has 0 radical (unpaired) electrons. The molecule has 116 valence electrons. The lowest BCUT2D eigenvalue weighted by molar-refractivity contribution is 0.149. The number of ether oxygens (including phenoxy) is 1. The molecule has 1 N–H and O–H groups in total. The minimum absolute atomic E-state index is 0.0878. The monoisotopic (exact) mass is 367 g/mol. The van der Waals surface area contributed by atoms with Crippen molar-refractivity contribution in [1.29, 1.82) is 0 Å². The summed E-state index contributed by atoms with van der Waals surface area (Å²) in [6.45, 7) is 6.14. The van der Waals surface area contributed by atoms with Crippen molar-refractivity contribution in [2.24, 2.45) is 0 Å². The highest BCUT2D eigenvalue weighted by Gasteiger charge is 2.18. The molecule has 1 aromatic heterocycles. The van der Waals surface area contributed by atoms with Crippen molar-refractivity contribution in [3.63, 3.8) is 0 Å². The summed E-state index contributed by atoms with van der Waals surface area (Å²) in [6, 6.07) is 0. The second-order valence-corrected chi connectivity index (χ2v) is 6.88. The minimum atomic E-state index is -3.52. The van der Waals surface area contributed by atoms with Gasteiger partial charge in [-0.15, -0.1) is 0 Å². The van der Waals surface area contributed by atoms with E-state index in [0.29, 0.717) is 32.0 Å². The summed E-state index contributed by atoms with van der Waals surface area (Å²) in [4.78, 5) is 4.10. The number of aromatic nitrogens is 2. The van der Waals surface area contributed by atoms with Crippen molar-refractivity contribution in [1.82, 2.24) is 14.3 Å². The maximum absolute atomic E-state index is 12.1. The fourth-order valence-electron chi connectivity index (χ4n) is 1.69. The second-order valence-electron chi connectivity index (χ2n) is 4.37. The van der Waals surface area contributed by atoms with Crippen LogP contribution in [0.1, 0.15) is 25.6 Å². The topological polar surface area (TPSA) is 73.2 Å². The van der Waals surface area contributed by atoms with Gasteiger partial charge in [0.15, 0.2) is 5.03 Å². The molecule has 0 spiro atoms. The Morgan fingerprint density at radius 3 is 2.85 bits per heavy atom. The number of alkyl halides is 1. The van der Waals surface area contributed by atoms with Crippen molar-refractivity contribution in [2.45, 2.75) is 38.3 Å². The Bertz CT molecular complexity index is 502. The third-order valence-electron chi connectivity index (χ3n) is 2.67. The predicted octanol–water partition coefficient (Wildman–Crippen LogP) is 1.68. The molecule has 0 atom stereocenters.